The van der Waals surface area contributed by atoms with Gasteiger partial charge in [-0.05, 0) is 61.7 Å². The molecule has 106 valence electrons. The van der Waals surface area contributed by atoms with Crippen molar-refractivity contribution >= 4 is 24.0 Å². The molecule has 2 heterocycles. The van der Waals surface area contributed by atoms with E-state index in [4.69, 9.17) is 11.6 Å². The van der Waals surface area contributed by atoms with Gasteiger partial charge in [0.15, 0.2) is 0 Å². The third kappa shape index (κ3) is 3.40. The molecule has 1 N–H and O–H groups in total. The van der Waals surface area contributed by atoms with E-state index in [-0.39, 0.29) is 18.2 Å². The number of halogens is 3. The summed E-state index contributed by atoms with van der Waals surface area (Å²) in [6, 6.07) is 4.62. The van der Waals surface area contributed by atoms with Gasteiger partial charge in [0.2, 0.25) is 0 Å². The molecule has 2 aliphatic rings. The summed E-state index contributed by atoms with van der Waals surface area (Å²) in [5.74, 6) is 1.39. The van der Waals surface area contributed by atoms with Crippen LogP contribution in [-0.4, -0.2) is 31.1 Å². The largest absolute Gasteiger partial charge is 0.316 e. The number of nitrogens with zero attached hydrogens (tertiary/aromatic N) is 1. The molecular weight excluding hydrogens is 286 g/mol. The summed E-state index contributed by atoms with van der Waals surface area (Å²) in [5, 5.41) is 4.13. The average Bonchev–Trinajstić information content (AvgIpc) is 2.81. The van der Waals surface area contributed by atoms with E-state index >= 15 is 0 Å². The van der Waals surface area contributed by atoms with Gasteiger partial charge in [0.1, 0.15) is 5.82 Å². The van der Waals surface area contributed by atoms with Crippen molar-refractivity contribution in [3.05, 3.63) is 34.6 Å². The second kappa shape index (κ2) is 6.40. The Balaban J connectivity index is 0.00000133. The van der Waals surface area contributed by atoms with Crippen LogP contribution in [0.5, 0.6) is 0 Å². The summed E-state index contributed by atoms with van der Waals surface area (Å²) in [4.78, 5) is 2.40. The number of rotatable bonds is 2. The zero-order valence-corrected chi connectivity index (χ0v) is 12.3. The van der Waals surface area contributed by atoms with Gasteiger partial charge in [0.25, 0.3) is 0 Å². The Labute approximate surface area is 124 Å². The van der Waals surface area contributed by atoms with Crippen LogP contribution >= 0.6 is 24.0 Å². The van der Waals surface area contributed by atoms with Crippen molar-refractivity contribution in [2.45, 2.75) is 13.0 Å². The number of hydrogen-bond donors (Lipinski definition) is 1. The van der Waals surface area contributed by atoms with Crippen LogP contribution in [0.25, 0.3) is 0 Å². The number of piperidine rings is 1. The predicted molar refractivity (Wildman–Crippen MR) is 78.4 cm³/mol. The highest BCUT2D eigenvalue weighted by atomic mass is 35.5. The first-order chi connectivity index (χ1) is 8.72. The van der Waals surface area contributed by atoms with E-state index in [1.54, 1.807) is 12.1 Å². The van der Waals surface area contributed by atoms with Crippen molar-refractivity contribution in [1.82, 2.24) is 10.2 Å². The third-order valence-electron chi connectivity index (χ3n) is 4.19. The molecule has 2 unspecified atom stereocenters. The number of hydrogen-bond acceptors (Lipinski definition) is 2. The van der Waals surface area contributed by atoms with E-state index in [1.807, 2.05) is 0 Å². The van der Waals surface area contributed by atoms with Crippen LogP contribution in [0.1, 0.15) is 12.0 Å². The summed E-state index contributed by atoms with van der Waals surface area (Å²) < 4.78 is 13.2. The Morgan fingerprint density at radius 2 is 2.11 bits per heavy atom. The van der Waals surface area contributed by atoms with Gasteiger partial charge in [0.05, 0.1) is 0 Å². The molecule has 0 bridgehead atoms. The minimum absolute atomic E-state index is 0. The number of likely N-dealkylation sites (tertiary alicyclic amines) is 1. The average molecular weight is 305 g/mol. The standard InChI is InChI=1S/C14H18ClFN2.ClH/c15-14-2-1-13(16)5-11(14)8-18-4-3-10-6-17-7-12(10)9-18;/h1-2,5,10,12,17H,3-4,6-9H2;1H. The molecule has 5 heteroatoms. The van der Waals surface area contributed by atoms with Gasteiger partial charge in [-0.15, -0.1) is 12.4 Å². The Kier molecular flexibility index (Phi) is 5.07. The number of fused-ring (bicyclic) bond motifs is 1. The lowest BCUT2D eigenvalue weighted by Gasteiger charge is -2.34. The molecule has 0 saturated carbocycles. The normalized spacial score (nSPS) is 26.8. The van der Waals surface area contributed by atoms with Gasteiger partial charge < -0.3 is 5.32 Å². The van der Waals surface area contributed by atoms with Crippen molar-refractivity contribution in [1.29, 1.82) is 0 Å². The summed E-state index contributed by atoms with van der Waals surface area (Å²) in [6.45, 7) is 5.25. The fraction of sp³-hybridized carbons (Fsp3) is 0.571. The maximum absolute atomic E-state index is 13.2. The molecule has 2 nitrogen and oxygen atoms in total. The second-order valence-electron chi connectivity index (χ2n) is 5.44. The maximum atomic E-state index is 13.2. The van der Waals surface area contributed by atoms with Gasteiger partial charge in [-0.1, -0.05) is 11.6 Å². The van der Waals surface area contributed by atoms with E-state index in [9.17, 15) is 4.39 Å². The van der Waals surface area contributed by atoms with Crippen molar-refractivity contribution in [3.8, 4) is 0 Å². The Morgan fingerprint density at radius 3 is 2.95 bits per heavy atom. The zero-order chi connectivity index (χ0) is 12.5. The highest BCUT2D eigenvalue weighted by Gasteiger charge is 2.32. The minimum Gasteiger partial charge on any atom is -0.316 e. The zero-order valence-electron chi connectivity index (χ0n) is 10.7. The topological polar surface area (TPSA) is 15.3 Å². The van der Waals surface area contributed by atoms with Crippen LogP contribution in [0.4, 0.5) is 4.39 Å². The SMILES string of the molecule is Cl.Fc1ccc(Cl)c(CN2CCC3CNCC3C2)c1. The Bertz CT molecular complexity index is 441. The van der Waals surface area contributed by atoms with Crippen LogP contribution in [-0.2, 0) is 6.54 Å². The molecule has 3 rings (SSSR count). The fourth-order valence-corrected chi connectivity index (χ4v) is 3.34. The number of nitrogens with one attached hydrogen (secondary N) is 1. The molecule has 0 radical (unpaired) electrons. The van der Waals surface area contributed by atoms with Crippen LogP contribution < -0.4 is 5.32 Å². The lowest BCUT2D eigenvalue weighted by Crippen LogP contribution is -2.39. The molecule has 0 aliphatic carbocycles. The molecule has 0 amide bonds. The molecule has 0 aromatic heterocycles. The molecule has 2 aliphatic heterocycles. The number of benzene rings is 1. The van der Waals surface area contributed by atoms with E-state index in [2.05, 4.69) is 10.2 Å². The highest BCUT2D eigenvalue weighted by molar-refractivity contribution is 6.31. The Hall–Kier alpha value is -0.350. The third-order valence-corrected chi connectivity index (χ3v) is 4.56. The van der Waals surface area contributed by atoms with Gasteiger partial charge in [-0.25, -0.2) is 4.39 Å². The van der Waals surface area contributed by atoms with Crippen LogP contribution in [0.2, 0.25) is 5.02 Å². The first kappa shape index (κ1) is 15.0. The summed E-state index contributed by atoms with van der Waals surface area (Å²) >= 11 is 6.12. The smallest absolute Gasteiger partial charge is 0.123 e. The molecule has 2 fully saturated rings. The summed E-state index contributed by atoms with van der Waals surface area (Å²) in [6.07, 6.45) is 1.24. The van der Waals surface area contributed by atoms with Gasteiger partial charge in [-0.3, -0.25) is 4.90 Å². The molecular formula is C14H19Cl2FN2. The van der Waals surface area contributed by atoms with E-state index < -0.39 is 0 Å². The molecule has 1 aromatic rings. The minimum atomic E-state index is -0.202. The molecule has 0 spiro atoms. The Morgan fingerprint density at radius 1 is 1.32 bits per heavy atom. The molecule has 1 aromatic carbocycles. The molecule has 2 atom stereocenters. The van der Waals surface area contributed by atoms with Crippen LogP contribution in [0.15, 0.2) is 18.2 Å². The van der Waals surface area contributed by atoms with Gasteiger partial charge in [-0.2, -0.15) is 0 Å². The van der Waals surface area contributed by atoms with E-state index in [1.165, 1.54) is 19.0 Å². The lowest BCUT2D eigenvalue weighted by atomic mass is 9.88. The van der Waals surface area contributed by atoms with E-state index in [0.29, 0.717) is 5.02 Å². The predicted octanol–water partition coefficient (Wildman–Crippen LogP) is 2.94. The lowest BCUT2D eigenvalue weighted by molar-refractivity contribution is 0.142. The second-order valence-corrected chi connectivity index (χ2v) is 5.85. The van der Waals surface area contributed by atoms with Crippen molar-refractivity contribution < 1.29 is 4.39 Å². The fourth-order valence-electron chi connectivity index (χ4n) is 3.16. The molecule has 19 heavy (non-hydrogen) atoms. The van der Waals surface area contributed by atoms with Gasteiger partial charge in [0, 0.05) is 18.1 Å². The highest BCUT2D eigenvalue weighted by Crippen LogP contribution is 2.28. The van der Waals surface area contributed by atoms with Crippen molar-refractivity contribution in [2.24, 2.45) is 11.8 Å². The van der Waals surface area contributed by atoms with Crippen LogP contribution in [0.3, 0.4) is 0 Å². The first-order valence-corrected chi connectivity index (χ1v) is 6.97. The van der Waals surface area contributed by atoms with E-state index in [0.717, 1.165) is 43.6 Å². The monoisotopic (exact) mass is 304 g/mol. The van der Waals surface area contributed by atoms with Crippen LogP contribution in [0, 0.1) is 17.7 Å². The summed E-state index contributed by atoms with van der Waals surface area (Å²) in [5.41, 5.74) is 0.904. The van der Waals surface area contributed by atoms with Gasteiger partial charge >= 0.3 is 0 Å². The van der Waals surface area contributed by atoms with Crippen molar-refractivity contribution in [3.63, 3.8) is 0 Å². The summed E-state index contributed by atoms with van der Waals surface area (Å²) in [7, 11) is 0. The van der Waals surface area contributed by atoms with Crippen molar-refractivity contribution in [2.75, 3.05) is 26.2 Å². The maximum Gasteiger partial charge on any atom is 0.123 e. The quantitative estimate of drug-likeness (QED) is 0.904. The molecule has 2 saturated heterocycles. The first-order valence-electron chi connectivity index (χ1n) is 6.59.